The summed E-state index contributed by atoms with van der Waals surface area (Å²) in [6.45, 7) is 3.50. The third-order valence-corrected chi connectivity index (χ3v) is 4.97. The minimum atomic E-state index is -0.170. The van der Waals surface area contributed by atoms with Crippen LogP contribution in [0, 0.1) is 0 Å². The summed E-state index contributed by atoms with van der Waals surface area (Å²) < 4.78 is 0. The SMILES string of the molecule is NC(=O)C1CCCc2cc(CN3CCCCCC3)ccc21. The molecule has 0 bridgehead atoms. The predicted octanol–water partition coefficient (Wildman–Crippen LogP) is 2.97. The molecule has 1 aromatic rings. The fraction of sp³-hybridized carbons (Fsp3) is 0.611. The maximum atomic E-state index is 11.6. The van der Waals surface area contributed by atoms with Crippen molar-refractivity contribution in [1.82, 2.24) is 4.90 Å². The second kappa shape index (κ2) is 6.61. The second-order valence-corrected chi connectivity index (χ2v) is 6.57. The molecular weight excluding hydrogens is 260 g/mol. The Morgan fingerprint density at radius 3 is 2.62 bits per heavy atom. The maximum absolute atomic E-state index is 11.6. The molecule has 1 aromatic carbocycles. The summed E-state index contributed by atoms with van der Waals surface area (Å²) in [7, 11) is 0. The van der Waals surface area contributed by atoms with Crippen LogP contribution in [0.5, 0.6) is 0 Å². The van der Waals surface area contributed by atoms with Crippen LogP contribution >= 0.6 is 0 Å². The average molecular weight is 286 g/mol. The minimum Gasteiger partial charge on any atom is -0.369 e. The van der Waals surface area contributed by atoms with Crippen LogP contribution in [0.15, 0.2) is 18.2 Å². The molecule has 3 rings (SSSR count). The zero-order valence-electron chi connectivity index (χ0n) is 12.8. The lowest BCUT2D eigenvalue weighted by Crippen LogP contribution is -2.26. The van der Waals surface area contributed by atoms with Gasteiger partial charge in [-0.2, -0.15) is 0 Å². The number of nitrogens with zero attached hydrogens (tertiary/aromatic N) is 1. The van der Waals surface area contributed by atoms with Crippen molar-refractivity contribution in [2.45, 2.75) is 57.4 Å². The average Bonchev–Trinajstić information content (AvgIpc) is 2.75. The topological polar surface area (TPSA) is 46.3 Å². The lowest BCUT2D eigenvalue weighted by Gasteiger charge is -2.25. The number of carbonyl (C=O) groups excluding carboxylic acids is 1. The number of benzene rings is 1. The van der Waals surface area contributed by atoms with E-state index in [9.17, 15) is 4.79 Å². The molecule has 1 unspecified atom stereocenters. The monoisotopic (exact) mass is 286 g/mol. The molecule has 3 nitrogen and oxygen atoms in total. The molecule has 0 spiro atoms. The Balaban J connectivity index is 1.74. The molecule has 2 N–H and O–H groups in total. The van der Waals surface area contributed by atoms with Crippen LogP contribution in [0.3, 0.4) is 0 Å². The Morgan fingerprint density at radius 2 is 1.90 bits per heavy atom. The van der Waals surface area contributed by atoms with E-state index in [1.807, 2.05) is 0 Å². The quantitative estimate of drug-likeness (QED) is 0.928. The summed E-state index contributed by atoms with van der Waals surface area (Å²) in [6.07, 6.45) is 8.49. The van der Waals surface area contributed by atoms with Gasteiger partial charge in [-0.05, 0) is 61.9 Å². The standard InChI is InChI=1S/C18H26N2O/c19-18(21)17-7-5-6-15-12-14(8-9-16(15)17)13-20-10-3-1-2-4-11-20/h8-9,12,17H,1-7,10-11,13H2,(H2,19,21). The number of nitrogens with two attached hydrogens (primary N) is 1. The first-order chi connectivity index (χ1) is 10.2. The van der Waals surface area contributed by atoms with Crippen LogP contribution in [0.4, 0.5) is 0 Å². The lowest BCUT2D eigenvalue weighted by atomic mass is 9.81. The maximum Gasteiger partial charge on any atom is 0.224 e. The molecule has 21 heavy (non-hydrogen) atoms. The molecule has 1 atom stereocenters. The fourth-order valence-corrected chi connectivity index (χ4v) is 3.81. The Bertz CT molecular complexity index is 504. The van der Waals surface area contributed by atoms with E-state index in [4.69, 9.17) is 5.73 Å². The molecule has 1 heterocycles. The van der Waals surface area contributed by atoms with Crippen LogP contribution in [0.25, 0.3) is 0 Å². The van der Waals surface area contributed by atoms with Crippen molar-refractivity contribution in [2.75, 3.05) is 13.1 Å². The molecule has 2 aliphatic rings. The number of amides is 1. The highest BCUT2D eigenvalue weighted by molar-refractivity contribution is 5.82. The van der Waals surface area contributed by atoms with E-state index < -0.39 is 0 Å². The highest BCUT2D eigenvalue weighted by atomic mass is 16.1. The lowest BCUT2D eigenvalue weighted by molar-refractivity contribution is -0.119. The number of rotatable bonds is 3. The summed E-state index contributed by atoms with van der Waals surface area (Å²) in [5.74, 6) is -0.239. The van der Waals surface area contributed by atoms with Crippen LogP contribution in [0.1, 0.15) is 61.1 Å². The van der Waals surface area contributed by atoms with Gasteiger partial charge in [0.05, 0.1) is 5.92 Å². The number of primary amides is 1. The van der Waals surface area contributed by atoms with Gasteiger partial charge in [0.15, 0.2) is 0 Å². The second-order valence-electron chi connectivity index (χ2n) is 6.57. The molecule has 0 saturated carbocycles. The third-order valence-electron chi connectivity index (χ3n) is 4.97. The normalized spacial score (nSPS) is 23.3. The molecule has 0 radical (unpaired) electrons. The van der Waals surface area contributed by atoms with Crippen molar-refractivity contribution in [2.24, 2.45) is 5.73 Å². The van der Waals surface area contributed by atoms with Gasteiger partial charge in [0, 0.05) is 6.54 Å². The first-order valence-electron chi connectivity index (χ1n) is 8.37. The molecule has 1 fully saturated rings. The summed E-state index contributed by atoms with van der Waals surface area (Å²) in [6, 6.07) is 6.66. The predicted molar refractivity (Wildman–Crippen MR) is 85.1 cm³/mol. The number of carbonyl (C=O) groups is 1. The molecule has 3 heteroatoms. The summed E-state index contributed by atoms with van der Waals surface area (Å²) in [5, 5.41) is 0. The minimum absolute atomic E-state index is 0.0685. The van der Waals surface area contributed by atoms with Gasteiger partial charge in [-0.1, -0.05) is 31.0 Å². The number of hydrogen-bond donors (Lipinski definition) is 1. The van der Waals surface area contributed by atoms with Gasteiger partial charge in [-0.25, -0.2) is 0 Å². The van der Waals surface area contributed by atoms with Crippen molar-refractivity contribution >= 4 is 5.91 Å². The van der Waals surface area contributed by atoms with Crippen LogP contribution in [0.2, 0.25) is 0 Å². The molecule has 1 amide bonds. The number of fused-ring (bicyclic) bond motifs is 1. The van der Waals surface area contributed by atoms with Gasteiger partial charge in [-0.3, -0.25) is 9.69 Å². The van der Waals surface area contributed by atoms with Crippen molar-refractivity contribution in [3.63, 3.8) is 0 Å². The highest BCUT2D eigenvalue weighted by Crippen LogP contribution is 2.32. The molecular formula is C18H26N2O. The van der Waals surface area contributed by atoms with E-state index in [0.717, 1.165) is 25.8 Å². The molecule has 0 aromatic heterocycles. The Labute approximate surface area is 127 Å². The van der Waals surface area contributed by atoms with E-state index >= 15 is 0 Å². The number of hydrogen-bond acceptors (Lipinski definition) is 2. The van der Waals surface area contributed by atoms with Gasteiger partial charge in [0.25, 0.3) is 0 Å². The van der Waals surface area contributed by atoms with Crippen molar-refractivity contribution in [3.8, 4) is 0 Å². The van der Waals surface area contributed by atoms with E-state index in [0.29, 0.717) is 0 Å². The van der Waals surface area contributed by atoms with E-state index in [2.05, 4.69) is 23.1 Å². The van der Waals surface area contributed by atoms with Gasteiger partial charge >= 0.3 is 0 Å². The zero-order chi connectivity index (χ0) is 14.7. The Kier molecular flexibility index (Phi) is 4.59. The van der Waals surface area contributed by atoms with Gasteiger partial charge in [0.1, 0.15) is 0 Å². The first-order valence-corrected chi connectivity index (χ1v) is 8.37. The first kappa shape index (κ1) is 14.6. The van der Waals surface area contributed by atoms with Gasteiger partial charge in [0.2, 0.25) is 5.91 Å². The van der Waals surface area contributed by atoms with E-state index in [-0.39, 0.29) is 11.8 Å². The smallest absolute Gasteiger partial charge is 0.224 e. The van der Waals surface area contributed by atoms with E-state index in [1.54, 1.807) is 0 Å². The molecule has 1 aliphatic carbocycles. The number of aryl methyl sites for hydroxylation is 1. The summed E-state index contributed by atoms with van der Waals surface area (Å²) >= 11 is 0. The Hall–Kier alpha value is -1.35. The third kappa shape index (κ3) is 3.46. The highest BCUT2D eigenvalue weighted by Gasteiger charge is 2.24. The van der Waals surface area contributed by atoms with Crippen LogP contribution in [-0.4, -0.2) is 23.9 Å². The molecule has 114 valence electrons. The van der Waals surface area contributed by atoms with Crippen LogP contribution in [-0.2, 0) is 17.8 Å². The van der Waals surface area contributed by atoms with Crippen molar-refractivity contribution < 1.29 is 4.79 Å². The summed E-state index contributed by atoms with van der Waals surface area (Å²) in [4.78, 5) is 14.1. The van der Waals surface area contributed by atoms with Crippen molar-refractivity contribution in [3.05, 3.63) is 34.9 Å². The Morgan fingerprint density at radius 1 is 1.14 bits per heavy atom. The molecule has 1 aliphatic heterocycles. The van der Waals surface area contributed by atoms with Gasteiger partial charge in [-0.15, -0.1) is 0 Å². The largest absolute Gasteiger partial charge is 0.369 e. The van der Waals surface area contributed by atoms with E-state index in [1.165, 1.54) is 55.5 Å². The van der Waals surface area contributed by atoms with Crippen molar-refractivity contribution in [1.29, 1.82) is 0 Å². The number of likely N-dealkylation sites (tertiary alicyclic amines) is 1. The fourth-order valence-electron chi connectivity index (χ4n) is 3.81. The molecule has 1 saturated heterocycles. The van der Waals surface area contributed by atoms with Crippen LogP contribution < -0.4 is 5.73 Å². The van der Waals surface area contributed by atoms with Gasteiger partial charge < -0.3 is 5.73 Å². The summed E-state index contributed by atoms with van der Waals surface area (Å²) in [5.41, 5.74) is 9.45. The zero-order valence-corrected chi connectivity index (χ0v) is 12.8.